The number of fused-ring (bicyclic) bond motifs is 1. The van der Waals surface area contributed by atoms with Crippen LogP contribution in [0.15, 0.2) is 10.8 Å². The molecule has 0 bridgehead atoms. The highest BCUT2D eigenvalue weighted by atomic mass is 16.6. The van der Waals surface area contributed by atoms with Gasteiger partial charge in [0.15, 0.2) is 0 Å². The fraction of sp³-hybridized carbons (Fsp3) is 0.688. The lowest BCUT2D eigenvalue weighted by molar-refractivity contribution is -0.156. The molecule has 0 unspecified atom stereocenters. The van der Waals surface area contributed by atoms with E-state index in [1.165, 1.54) is 0 Å². The Morgan fingerprint density at radius 1 is 1.32 bits per heavy atom. The molecule has 6 heteroatoms. The maximum atomic E-state index is 13.0. The average Bonchev–Trinajstić information content (AvgIpc) is 3.11. The molecule has 0 radical (unpaired) electrons. The average molecular weight is 304 g/mol. The van der Waals surface area contributed by atoms with Crippen LogP contribution in [0.1, 0.15) is 49.8 Å². The topological polar surface area (TPSA) is 72.6 Å². The van der Waals surface area contributed by atoms with Crippen molar-refractivity contribution in [2.45, 2.75) is 57.1 Å². The van der Waals surface area contributed by atoms with E-state index in [1.54, 1.807) is 6.26 Å². The first-order valence-electron chi connectivity index (χ1n) is 8.11. The Labute approximate surface area is 128 Å². The number of aromatic nitrogens is 1. The van der Waals surface area contributed by atoms with Gasteiger partial charge in [0.2, 0.25) is 5.91 Å². The van der Waals surface area contributed by atoms with Crippen LogP contribution in [0.4, 0.5) is 0 Å². The number of hydrogen-bond donors (Lipinski definition) is 0. The number of nitrogens with zero attached hydrogens (tertiary/aromatic N) is 2. The van der Waals surface area contributed by atoms with E-state index < -0.39 is 5.60 Å². The molecular formula is C16H20N2O4. The summed E-state index contributed by atoms with van der Waals surface area (Å²) in [6, 6.07) is 0. The van der Waals surface area contributed by atoms with Crippen molar-refractivity contribution in [2.75, 3.05) is 6.54 Å². The maximum absolute atomic E-state index is 13.0. The first-order chi connectivity index (χ1) is 10.7. The summed E-state index contributed by atoms with van der Waals surface area (Å²) >= 11 is 0. The SMILES string of the molecule is O=C1C[C@@H](C(=O)N2CCc3nocc3C2)C2(CCCCC2)O1. The van der Waals surface area contributed by atoms with Crippen LogP contribution in [0.2, 0.25) is 0 Å². The van der Waals surface area contributed by atoms with Gasteiger partial charge in [0.1, 0.15) is 11.9 Å². The predicted molar refractivity (Wildman–Crippen MR) is 75.6 cm³/mol. The summed E-state index contributed by atoms with van der Waals surface area (Å²) in [6.07, 6.45) is 7.43. The summed E-state index contributed by atoms with van der Waals surface area (Å²) in [4.78, 5) is 26.7. The van der Waals surface area contributed by atoms with Gasteiger partial charge in [-0.1, -0.05) is 11.6 Å². The number of hydrogen-bond acceptors (Lipinski definition) is 5. The Bertz CT molecular complexity index is 603. The molecule has 0 aromatic carbocycles. The zero-order valence-corrected chi connectivity index (χ0v) is 12.5. The lowest BCUT2D eigenvalue weighted by atomic mass is 9.75. The summed E-state index contributed by atoms with van der Waals surface area (Å²) in [5.41, 5.74) is 1.37. The molecule has 2 aliphatic heterocycles. The minimum absolute atomic E-state index is 0.0552. The Balaban J connectivity index is 1.55. The Morgan fingerprint density at radius 2 is 2.14 bits per heavy atom. The molecule has 1 aromatic heterocycles. The first-order valence-corrected chi connectivity index (χ1v) is 8.11. The van der Waals surface area contributed by atoms with Crippen LogP contribution < -0.4 is 0 Å². The molecule has 0 N–H and O–H groups in total. The van der Waals surface area contributed by atoms with Crippen molar-refractivity contribution in [3.05, 3.63) is 17.5 Å². The van der Waals surface area contributed by atoms with Crippen LogP contribution >= 0.6 is 0 Å². The van der Waals surface area contributed by atoms with Crippen LogP contribution in [0.3, 0.4) is 0 Å². The fourth-order valence-corrected chi connectivity index (χ4v) is 4.15. The third-order valence-corrected chi connectivity index (χ3v) is 5.34. The Morgan fingerprint density at radius 3 is 2.95 bits per heavy atom. The van der Waals surface area contributed by atoms with Crippen molar-refractivity contribution >= 4 is 11.9 Å². The zero-order valence-electron chi connectivity index (χ0n) is 12.5. The number of ether oxygens (including phenoxy) is 1. The van der Waals surface area contributed by atoms with Crippen LogP contribution in [0, 0.1) is 5.92 Å². The molecule has 118 valence electrons. The number of amides is 1. The van der Waals surface area contributed by atoms with E-state index in [0.29, 0.717) is 19.5 Å². The summed E-state index contributed by atoms with van der Waals surface area (Å²) in [6.45, 7) is 1.16. The van der Waals surface area contributed by atoms with Crippen molar-refractivity contribution in [1.82, 2.24) is 10.1 Å². The fourth-order valence-electron chi connectivity index (χ4n) is 4.15. The maximum Gasteiger partial charge on any atom is 0.307 e. The van der Waals surface area contributed by atoms with E-state index in [4.69, 9.17) is 9.26 Å². The molecule has 22 heavy (non-hydrogen) atoms. The van der Waals surface area contributed by atoms with Crippen LogP contribution in [-0.4, -0.2) is 34.1 Å². The lowest BCUT2D eigenvalue weighted by Crippen LogP contribution is -2.48. The number of carbonyl (C=O) groups excluding carboxylic acids is 2. The predicted octanol–water partition coefficient (Wildman–Crippen LogP) is 1.83. The molecule has 6 nitrogen and oxygen atoms in total. The molecule has 1 atom stereocenters. The van der Waals surface area contributed by atoms with Gasteiger partial charge < -0.3 is 14.2 Å². The van der Waals surface area contributed by atoms with Crippen molar-refractivity contribution in [2.24, 2.45) is 5.92 Å². The number of carbonyl (C=O) groups is 2. The second-order valence-electron chi connectivity index (χ2n) is 6.65. The van der Waals surface area contributed by atoms with Gasteiger partial charge in [-0.15, -0.1) is 0 Å². The zero-order chi connectivity index (χ0) is 15.2. The third kappa shape index (κ3) is 2.12. The van der Waals surface area contributed by atoms with E-state index in [-0.39, 0.29) is 24.2 Å². The van der Waals surface area contributed by atoms with Crippen LogP contribution in [0.25, 0.3) is 0 Å². The van der Waals surface area contributed by atoms with E-state index in [9.17, 15) is 9.59 Å². The molecule has 1 saturated carbocycles. The molecule has 1 aromatic rings. The summed E-state index contributed by atoms with van der Waals surface area (Å²) in [5, 5.41) is 3.95. The molecular weight excluding hydrogens is 284 g/mol. The standard InChI is InChI=1S/C16H20N2O4/c19-14-8-12(16(22-14)5-2-1-3-6-16)15(20)18-7-4-13-11(9-18)10-21-17-13/h10,12H,1-9H2/t12-/m0/s1. The second kappa shape index (κ2) is 5.11. The normalized spacial score (nSPS) is 26.8. The molecule has 1 saturated heterocycles. The van der Waals surface area contributed by atoms with Crippen molar-refractivity contribution in [3.63, 3.8) is 0 Å². The molecule has 1 aliphatic carbocycles. The second-order valence-corrected chi connectivity index (χ2v) is 6.65. The number of rotatable bonds is 1. The van der Waals surface area contributed by atoms with Gasteiger partial charge in [0.05, 0.1) is 24.6 Å². The van der Waals surface area contributed by atoms with Crippen LogP contribution in [-0.2, 0) is 27.3 Å². The smallest absolute Gasteiger partial charge is 0.307 e. The molecule has 4 rings (SSSR count). The molecule has 1 spiro atoms. The van der Waals surface area contributed by atoms with Gasteiger partial charge in [-0.3, -0.25) is 9.59 Å². The summed E-state index contributed by atoms with van der Waals surface area (Å²) < 4.78 is 10.6. The van der Waals surface area contributed by atoms with Gasteiger partial charge >= 0.3 is 5.97 Å². The van der Waals surface area contributed by atoms with E-state index in [2.05, 4.69) is 5.16 Å². The first kappa shape index (κ1) is 13.8. The molecule has 3 heterocycles. The highest BCUT2D eigenvalue weighted by Crippen LogP contribution is 2.45. The highest BCUT2D eigenvalue weighted by Gasteiger charge is 2.53. The minimum atomic E-state index is -0.540. The number of esters is 1. The van der Waals surface area contributed by atoms with Gasteiger partial charge in [-0.2, -0.15) is 0 Å². The Hall–Kier alpha value is -1.85. The monoisotopic (exact) mass is 304 g/mol. The largest absolute Gasteiger partial charge is 0.458 e. The van der Waals surface area contributed by atoms with Gasteiger partial charge in [-0.05, 0) is 25.7 Å². The van der Waals surface area contributed by atoms with Crippen molar-refractivity contribution in [1.29, 1.82) is 0 Å². The lowest BCUT2D eigenvalue weighted by Gasteiger charge is -2.38. The van der Waals surface area contributed by atoms with E-state index in [0.717, 1.165) is 43.4 Å². The third-order valence-electron chi connectivity index (χ3n) is 5.34. The molecule has 1 amide bonds. The van der Waals surface area contributed by atoms with E-state index >= 15 is 0 Å². The Kier molecular flexibility index (Phi) is 3.20. The van der Waals surface area contributed by atoms with Crippen molar-refractivity contribution in [3.8, 4) is 0 Å². The molecule has 3 aliphatic rings. The van der Waals surface area contributed by atoms with Crippen LogP contribution in [0.5, 0.6) is 0 Å². The van der Waals surface area contributed by atoms with Gasteiger partial charge in [0, 0.05) is 18.5 Å². The minimum Gasteiger partial charge on any atom is -0.458 e. The van der Waals surface area contributed by atoms with Crippen molar-refractivity contribution < 1.29 is 18.8 Å². The summed E-state index contributed by atoms with van der Waals surface area (Å²) in [5.74, 6) is -0.482. The van der Waals surface area contributed by atoms with Gasteiger partial charge in [-0.25, -0.2) is 0 Å². The van der Waals surface area contributed by atoms with E-state index in [1.807, 2.05) is 4.90 Å². The summed E-state index contributed by atoms with van der Waals surface area (Å²) in [7, 11) is 0. The van der Waals surface area contributed by atoms with Gasteiger partial charge in [0.25, 0.3) is 0 Å². The molecule has 2 fully saturated rings. The quantitative estimate of drug-likeness (QED) is 0.740. The highest BCUT2D eigenvalue weighted by molar-refractivity contribution is 5.88.